The molecule has 2 heteroatoms. The largest absolute Gasteiger partial charge is 0.322 e. The predicted molar refractivity (Wildman–Crippen MR) is 76.3 cm³/mol. The Kier molecular flexibility index (Phi) is 4.06. The first-order valence-electron chi connectivity index (χ1n) is 7.16. The van der Waals surface area contributed by atoms with E-state index >= 15 is 0 Å². The molecule has 0 saturated heterocycles. The van der Waals surface area contributed by atoms with Gasteiger partial charge in [-0.3, -0.25) is 4.98 Å². The fourth-order valence-corrected chi connectivity index (χ4v) is 3.60. The molecule has 1 saturated carbocycles. The SMILES string of the molecule is Cc1cnc(C(N)C2CC(C)CC(C)C2)c(C)c1. The quantitative estimate of drug-likeness (QED) is 0.862. The molecule has 0 aromatic carbocycles. The van der Waals surface area contributed by atoms with E-state index in [1.165, 1.54) is 30.4 Å². The summed E-state index contributed by atoms with van der Waals surface area (Å²) in [5.41, 5.74) is 10.0. The molecule has 100 valence electrons. The van der Waals surface area contributed by atoms with Crippen molar-refractivity contribution in [2.45, 2.75) is 53.0 Å². The lowest BCUT2D eigenvalue weighted by atomic mass is 9.73. The van der Waals surface area contributed by atoms with Crippen molar-refractivity contribution in [1.82, 2.24) is 4.98 Å². The lowest BCUT2D eigenvalue weighted by Gasteiger charge is -2.35. The van der Waals surface area contributed by atoms with Gasteiger partial charge >= 0.3 is 0 Å². The number of aromatic nitrogens is 1. The van der Waals surface area contributed by atoms with Crippen LogP contribution in [-0.4, -0.2) is 4.98 Å². The van der Waals surface area contributed by atoms with E-state index in [0.29, 0.717) is 5.92 Å². The van der Waals surface area contributed by atoms with Crippen LogP contribution < -0.4 is 5.73 Å². The molecule has 2 rings (SSSR count). The zero-order valence-electron chi connectivity index (χ0n) is 12.1. The van der Waals surface area contributed by atoms with E-state index in [1.54, 1.807) is 0 Å². The summed E-state index contributed by atoms with van der Waals surface area (Å²) in [6.45, 7) is 8.92. The smallest absolute Gasteiger partial charge is 0.0603 e. The van der Waals surface area contributed by atoms with Gasteiger partial charge in [0.1, 0.15) is 0 Å². The zero-order valence-corrected chi connectivity index (χ0v) is 12.1. The highest BCUT2D eigenvalue weighted by Gasteiger charge is 2.30. The minimum atomic E-state index is 0.107. The van der Waals surface area contributed by atoms with Crippen molar-refractivity contribution in [2.75, 3.05) is 0 Å². The summed E-state index contributed by atoms with van der Waals surface area (Å²) in [7, 11) is 0. The maximum Gasteiger partial charge on any atom is 0.0603 e. The van der Waals surface area contributed by atoms with E-state index in [-0.39, 0.29) is 6.04 Å². The molecule has 0 amide bonds. The second-order valence-corrected chi connectivity index (χ2v) is 6.42. The Hall–Kier alpha value is -0.890. The Morgan fingerprint density at radius 1 is 1.17 bits per heavy atom. The molecule has 1 heterocycles. The van der Waals surface area contributed by atoms with E-state index < -0.39 is 0 Å². The average Bonchev–Trinajstić information content (AvgIpc) is 2.26. The molecule has 1 fully saturated rings. The molecule has 0 spiro atoms. The van der Waals surface area contributed by atoms with Crippen LogP contribution in [0, 0.1) is 31.6 Å². The standard InChI is InChI=1S/C16H26N2/c1-10-5-11(2)8-14(7-10)15(17)16-13(4)6-12(3)9-18-16/h6,9-11,14-15H,5,7-8,17H2,1-4H3. The Morgan fingerprint density at radius 2 is 1.78 bits per heavy atom. The first-order valence-corrected chi connectivity index (χ1v) is 7.16. The van der Waals surface area contributed by atoms with Crippen molar-refractivity contribution >= 4 is 0 Å². The van der Waals surface area contributed by atoms with Gasteiger partial charge < -0.3 is 5.73 Å². The molecular formula is C16H26N2. The van der Waals surface area contributed by atoms with Gasteiger partial charge in [-0.25, -0.2) is 0 Å². The second kappa shape index (κ2) is 5.40. The molecule has 3 atom stereocenters. The van der Waals surface area contributed by atoms with Crippen molar-refractivity contribution in [1.29, 1.82) is 0 Å². The minimum absolute atomic E-state index is 0.107. The molecule has 18 heavy (non-hydrogen) atoms. The molecule has 1 aliphatic rings. The molecule has 0 aliphatic heterocycles. The van der Waals surface area contributed by atoms with Gasteiger partial charge in [0, 0.05) is 6.20 Å². The molecular weight excluding hydrogens is 220 g/mol. The van der Waals surface area contributed by atoms with Gasteiger partial charge in [0.2, 0.25) is 0 Å². The summed E-state index contributed by atoms with van der Waals surface area (Å²) in [5, 5.41) is 0. The maximum atomic E-state index is 6.48. The van der Waals surface area contributed by atoms with Gasteiger partial charge in [-0.2, -0.15) is 0 Å². The zero-order chi connectivity index (χ0) is 13.3. The second-order valence-electron chi connectivity index (χ2n) is 6.42. The Labute approximate surface area is 111 Å². The summed E-state index contributed by atoms with van der Waals surface area (Å²) in [4.78, 5) is 4.58. The predicted octanol–water partition coefficient (Wildman–Crippen LogP) is 3.77. The lowest BCUT2D eigenvalue weighted by Crippen LogP contribution is -2.30. The molecule has 3 unspecified atom stereocenters. The number of hydrogen-bond acceptors (Lipinski definition) is 2. The van der Waals surface area contributed by atoms with E-state index in [2.05, 4.69) is 38.7 Å². The lowest BCUT2D eigenvalue weighted by molar-refractivity contribution is 0.191. The van der Waals surface area contributed by atoms with Crippen LogP contribution in [0.4, 0.5) is 0 Å². The van der Waals surface area contributed by atoms with Gasteiger partial charge in [0.05, 0.1) is 11.7 Å². The third kappa shape index (κ3) is 2.92. The van der Waals surface area contributed by atoms with Crippen molar-refractivity contribution in [3.05, 3.63) is 29.1 Å². The van der Waals surface area contributed by atoms with Crippen LogP contribution in [0.5, 0.6) is 0 Å². The number of aryl methyl sites for hydroxylation is 2. The summed E-state index contributed by atoms with van der Waals surface area (Å²) < 4.78 is 0. The van der Waals surface area contributed by atoms with Crippen LogP contribution in [0.1, 0.15) is 56.0 Å². The van der Waals surface area contributed by atoms with Gasteiger partial charge in [-0.1, -0.05) is 19.9 Å². The maximum absolute atomic E-state index is 6.48. The van der Waals surface area contributed by atoms with Gasteiger partial charge in [0.25, 0.3) is 0 Å². The first kappa shape index (κ1) is 13.5. The van der Waals surface area contributed by atoms with Crippen LogP contribution in [-0.2, 0) is 0 Å². The fraction of sp³-hybridized carbons (Fsp3) is 0.688. The molecule has 1 aromatic rings. The van der Waals surface area contributed by atoms with Crippen LogP contribution in [0.25, 0.3) is 0 Å². The van der Waals surface area contributed by atoms with E-state index in [4.69, 9.17) is 5.73 Å². The molecule has 0 bridgehead atoms. The molecule has 1 aromatic heterocycles. The summed E-state index contributed by atoms with van der Waals surface area (Å²) in [5.74, 6) is 2.20. The monoisotopic (exact) mass is 246 g/mol. The van der Waals surface area contributed by atoms with E-state index in [1.807, 2.05) is 6.20 Å². The first-order chi connectivity index (χ1) is 8.47. The highest BCUT2D eigenvalue weighted by molar-refractivity contribution is 5.26. The number of rotatable bonds is 2. The van der Waals surface area contributed by atoms with E-state index in [9.17, 15) is 0 Å². The highest BCUT2D eigenvalue weighted by Crippen LogP contribution is 2.38. The van der Waals surface area contributed by atoms with Crippen LogP contribution in [0.3, 0.4) is 0 Å². The van der Waals surface area contributed by atoms with Crippen LogP contribution >= 0.6 is 0 Å². The van der Waals surface area contributed by atoms with E-state index in [0.717, 1.165) is 17.5 Å². The number of nitrogens with zero attached hydrogens (tertiary/aromatic N) is 1. The topological polar surface area (TPSA) is 38.9 Å². The highest BCUT2D eigenvalue weighted by atomic mass is 14.8. The number of pyridine rings is 1. The van der Waals surface area contributed by atoms with Crippen LogP contribution in [0.15, 0.2) is 12.3 Å². The normalized spacial score (nSPS) is 30.2. The van der Waals surface area contributed by atoms with Crippen LogP contribution in [0.2, 0.25) is 0 Å². The fourth-order valence-electron chi connectivity index (χ4n) is 3.60. The van der Waals surface area contributed by atoms with Gasteiger partial charge in [-0.15, -0.1) is 0 Å². The Balaban J connectivity index is 2.17. The number of hydrogen-bond donors (Lipinski definition) is 1. The molecule has 2 N–H and O–H groups in total. The van der Waals surface area contributed by atoms with Crippen molar-refractivity contribution in [3.63, 3.8) is 0 Å². The number of nitrogens with two attached hydrogens (primary N) is 1. The third-order valence-corrected chi connectivity index (χ3v) is 4.29. The molecule has 1 aliphatic carbocycles. The summed E-state index contributed by atoms with van der Waals surface area (Å²) in [6.07, 6.45) is 5.79. The molecule has 2 nitrogen and oxygen atoms in total. The summed E-state index contributed by atoms with van der Waals surface area (Å²) in [6, 6.07) is 2.30. The minimum Gasteiger partial charge on any atom is -0.322 e. The van der Waals surface area contributed by atoms with Crippen molar-refractivity contribution < 1.29 is 0 Å². The average molecular weight is 246 g/mol. The van der Waals surface area contributed by atoms with Crippen molar-refractivity contribution in [2.24, 2.45) is 23.5 Å². The third-order valence-electron chi connectivity index (χ3n) is 4.29. The molecule has 0 radical (unpaired) electrons. The Bertz CT molecular complexity index is 404. The summed E-state index contributed by atoms with van der Waals surface area (Å²) >= 11 is 0. The van der Waals surface area contributed by atoms with Crippen molar-refractivity contribution in [3.8, 4) is 0 Å². The van der Waals surface area contributed by atoms with Gasteiger partial charge in [-0.05, 0) is 62.0 Å². The Morgan fingerprint density at radius 3 is 2.33 bits per heavy atom. The van der Waals surface area contributed by atoms with Gasteiger partial charge in [0.15, 0.2) is 0 Å².